The minimum Gasteiger partial charge on any atom is -0.480 e. The number of nitrogens with zero attached hydrogens (tertiary/aromatic N) is 3. The molecule has 1 amide bonds. The fourth-order valence-corrected chi connectivity index (χ4v) is 2.85. The zero-order chi connectivity index (χ0) is 19.5. The Morgan fingerprint density at radius 3 is 2.73 bits per heavy atom. The number of hydrogen-bond donors (Lipinski definition) is 2. The topological polar surface area (TPSA) is 114 Å². The number of carboxylic acids is 1. The molecule has 9 nitrogen and oxygen atoms in total. The number of aliphatic carboxylic acids is 1. The van der Waals surface area contributed by atoms with Crippen LogP contribution in [0.4, 0.5) is 10.6 Å². The standard InChI is InChI=1S/C17H26N4O5/c1-11-8-18-14(15(24)21(11)10-13(22)23)19-9-12-6-5-7-20(12)16(25)26-17(2,3)4/h8,12H,5-7,9-10H2,1-4H3,(H,18,19)(H,22,23). The largest absolute Gasteiger partial charge is 0.480 e. The summed E-state index contributed by atoms with van der Waals surface area (Å²) in [5.74, 6) is -1.02. The van der Waals surface area contributed by atoms with Crippen LogP contribution < -0.4 is 10.9 Å². The highest BCUT2D eigenvalue weighted by atomic mass is 16.6. The van der Waals surface area contributed by atoms with Crippen LogP contribution in [-0.2, 0) is 16.1 Å². The number of carbonyl (C=O) groups is 2. The van der Waals surface area contributed by atoms with Crippen LogP contribution in [0.15, 0.2) is 11.0 Å². The molecule has 0 aromatic carbocycles. The van der Waals surface area contributed by atoms with E-state index in [1.165, 1.54) is 6.20 Å². The number of carboxylic acid groups (broad SMARTS) is 1. The molecule has 2 heterocycles. The third kappa shape index (κ3) is 4.96. The molecule has 0 saturated carbocycles. The molecule has 1 unspecified atom stereocenters. The Bertz CT molecular complexity index is 738. The number of hydrogen-bond acceptors (Lipinski definition) is 6. The third-order valence-electron chi connectivity index (χ3n) is 4.06. The highest BCUT2D eigenvalue weighted by molar-refractivity contribution is 5.69. The molecule has 0 radical (unpaired) electrons. The van der Waals surface area contributed by atoms with Gasteiger partial charge in [-0.25, -0.2) is 9.78 Å². The Hall–Kier alpha value is -2.58. The van der Waals surface area contributed by atoms with E-state index in [9.17, 15) is 14.4 Å². The lowest BCUT2D eigenvalue weighted by Gasteiger charge is -2.28. The molecule has 1 fully saturated rings. The molecule has 2 N–H and O–H groups in total. The summed E-state index contributed by atoms with van der Waals surface area (Å²) in [5.41, 5.74) is -0.589. The molecule has 0 bridgehead atoms. The first-order chi connectivity index (χ1) is 12.1. The van der Waals surface area contributed by atoms with Crippen molar-refractivity contribution in [3.8, 4) is 0 Å². The second kappa shape index (κ2) is 7.76. The second-order valence-electron chi connectivity index (χ2n) is 7.38. The van der Waals surface area contributed by atoms with Gasteiger partial charge in [-0.2, -0.15) is 0 Å². The first-order valence-electron chi connectivity index (χ1n) is 8.60. The molecule has 1 aliphatic rings. The number of rotatable bonds is 5. The van der Waals surface area contributed by atoms with Crippen molar-refractivity contribution in [3.63, 3.8) is 0 Å². The number of anilines is 1. The van der Waals surface area contributed by atoms with Crippen molar-refractivity contribution in [1.29, 1.82) is 0 Å². The number of ether oxygens (including phenoxy) is 1. The molecule has 2 rings (SSSR count). The van der Waals surface area contributed by atoms with Crippen molar-refractivity contribution in [2.45, 2.75) is 58.7 Å². The molecule has 0 aliphatic carbocycles. The Labute approximate surface area is 152 Å². The van der Waals surface area contributed by atoms with E-state index in [1.54, 1.807) is 11.8 Å². The van der Waals surface area contributed by atoms with Crippen LogP contribution in [0.2, 0.25) is 0 Å². The first-order valence-corrected chi connectivity index (χ1v) is 8.60. The molecular formula is C17H26N4O5. The van der Waals surface area contributed by atoms with Crippen LogP contribution in [0.3, 0.4) is 0 Å². The van der Waals surface area contributed by atoms with Crippen LogP contribution in [0.25, 0.3) is 0 Å². The second-order valence-corrected chi connectivity index (χ2v) is 7.38. The van der Waals surface area contributed by atoms with E-state index >= 15 is 0 Å². The van der Waals surface area contributed by atoms with Crippen molar-refractivity contribution in [3.05, 3.63) is 22.2 Å². The summed E-state index contributed by atoms with van der Waals surface area (Å²) in [6.45, 7) is 7.60. The third-order valence-corrected chi connectivity index (χ3v) is 4.06. The van der Waals surface area contributed by atoms with Gasteiger partial charge in [-0.1, -0.05) is 0 Å². The van der Waals surface area contributed by atoms with E-state index in [1.807, 2.05) is 20.8 Å². The quantitative estimate of drug-likeness (QED) is 0.810. The molecule has 26 heavy (non-hydrogen) atoms. The SMILES string of the molecule is Cc1cnc(NCC2CCCN2C(=O)OC(C)(C)C)c(=O)n1CC(=O)O. The predicted molar refractivity (Wildman–Crippen MR) is 95.3 cm³/mol. The van der Waals surface area contributed by atoms with Gasteiger partial charge >= 0.3 is 12.1 Å². The smallest absolute Gasteiger partial charge is 0.410 e. The number of carbonyl (C=O) groups excluding carboxylic acids is 1. The summed E-state index contributed by atoms with van der Waals surface area (Å²) >= 11 is 0. The monoisotopic (exact) mass is 366 g/mol. The average molecular weight is 366 g/mol. The van der Waals surface area contributed by atoms with Crippen molar-refractivity contribution in [1.82, 2.24) is 14.5 Å². The molecule has 1 aromatic rings. The zero-order valence-electron chi connectivity index (χ0n) is 15.6. The normalized spacial score (nSPS) is 17.2. The van der Waals surface area contributed by atoms with Gasteiger partial charge in [0.25, 0.3) is 5.56 Å². The van der Waals surface area contributed by atoms with Gasteiger partial charge in [-0.15, -0.1) is 0 Å². The average Bonchev–Trinajstić information content (AvgIpc) is 2.97. The number of aromatic nitrogens is 2. The maximum atomic E-state index is 12.4. The van der Waals surface area contributed by atoms with Crippen LogP contribution in [0, 0.1) is 6.92 Å². The van der Waals surface area contributed by atoms with E-state index in [0.717, 1.165) is 17.4 Å². The minimum atomic E-state index is -1.10. The maximum absolute atomic E-state index is 12.4. The highest BCUT2D eigenvalue weighted by Gasteiger charge is 2.32. The van der Waals surface area contributed by atoms with Gasteiger partial charge in [-0.05, 0) is 40.5 Å². The fourth-order valence-electron chi connectivity index (χ4n) is 2.85. The van der Waals surface area contributed by atoms with Crippen LogP contribution in [0.1, 0.15) is 39.3 Å². The van der Waals surface area contributed by atoms with Crippen LogP contribution in [0.5, 0.6) is 0 Å². The lowest BCUT2D eigenvalue weighted by atomic mass is 10.2. The predicted octanol–water partition coefficient (Wildman–Crippen LogP) is 1.45. The number of nitrogens with one attached hydrogen (secondary N) is 1. The molecule has 1 saturated heterocycles. The molecule has 9 heteroatoms. The number of amides is 1. The number of likely N-dealkylation sites (tertiary alicyclic amines) is 1. The first kappa shape index (κ1) is 19.7. The molecule has 0 spiro atoms. The zero-order valence-corrected chi connectivity index (χ0v) is 15.6. The lowest BCUT2D eigenvalue weighted by Crippen LogP contribution is -2.43. The van der Waals surface area contributed by atoms with E-state index < -0.39 is 23.7 Å². The van der Waals surface area contributed by atoms with E-state index in [2.05, 4.69) is 10.3 Å². The maximum Gasteiger partial charge on any atom is 0.410 e. The Morgan fingerprint density at radius 2 is 2.12 bits per heavy atom. The minimum absolute atomic E-state index is 0.0767. The number of aryl methyl sites for hydroxylation is 1. The van der Waals surface area contributed by atoms with E-state index in [-0.39, 0.29) is 18.0 Å². The van der Waals surface area contributed by atoms with E-state index in [4.69, 9.17) is 9.84 Å². The molecular weight excluding hydrogens is 340 g/mol. The van der Waals surface area contributed by atoms with Gasteiger partial charge in [-0.3, -0.25) is 14.2 Å². The fraction of sp³-hybridized carbons (Fsp3) is 0.647. The van der Waals surface area contributed by atoms with Gasteiger partial charge in [0, 0.05) is 25.0 Å². The van der Waals surface area contributed by atoms with Gasteiger partial charge in [0.15, 0.2) is 5.82 Å². The van der Waals surface area contributed by atoms with Crippen LogP contribution >= 0.6 is 0 Å². The highest BCUT2D eigenvalue weighted by Crippen LogP contribution is 2.21. The van der Waals surface area contributed by atoms with Gasteiger partial charge < -0.3 is 20.1 Å². The Balaban J connectivity index is 2.07. The summed E-state index contributed by atoms with van der Waals surface area (Å²) < 4.78 is 6.57. The summed E-state index contributed by atoms with van der Waals surface area (Å²) in [6, 6.07) is -0.111. The molecule has 1 atom stereocenters. The van der Waals surface area contributed by atoms with Crippen LogP contribution in [-0.4, -0.2) is 56.4 Å². The van der Waals surface area contributed by atoms with Gasteiger partial charge in [0.05, 0.1) is 6.04 Å². The van der Waals surface area contributed by atoms with Crippen molar-refractivity contribution < 1.29 is 19.4 Å². The van der Waals surface area contributed by atoms with Gasteiger partial charge in [0.1, 0.15) is 12.1 Å². The summed E-state index contributed by atoms with van der Waals surface area (Å²) in [6.07, 6.45) is 2.73. The van der Waals surface area contributed by atoms with Crippen molar-refractivity contribution in [2.24, 2.45) is 0 Å². The summed E-state index contributed by atoms with van der Waals surface area (Å²) in [4.78, 5) is 41.3. The summed E-state index contributed by atoms with van der Waals surface area (Å²) in [7, 11) is 0. The molecule has 144 valence electrons. The molecule has 1 aliphatic heterocycles. The van der Waals surface area contributed by atoms with Gasteiger partial charge in [0.2, 0.25) is 0 Å². The molecule has 1 aromatic heterocycles. The lowest BCUT2D eigenvalue weighted by molar-refractivity contribution is -0.137. The summed E-state index contributed by atoms with van der Waals surface area (Å²) in [5, 5.41) is 11.9. The van der Waals surface area contributed by atoms with Crippen molar-refractivity contribution in [2.75, 3.05) is 18.4 Å². The van der Waals surface area contributed by atoms with Crippen molar-refractivity contribution >= 4 is 17.9 Å². The van der Waals surface area contributed by atoms with E-state index in [0.29, 0.717) is 18.8 Å². The Morgan fingerprint density at radius 1 is 1.42 bits per heavy atom. The Kier molecular flexibility index (Phi) is 5.89.